The number of nitrogens with zero attached hydrogens (tertiary/aromatic N) is 2. The third-order valence-electron chi connectivity index (χ3n) is 2.70. The number of aromatic nitrogens is 2. The normalized spacial score (nSPS) is 12.5. The molecule has 0 N–H and O–H groups in total. The quantitative estimate of drug-likeness (QED) is 0.670. The maximum absolute atomic E-state index is 6.41. The Morgan fingerprint density at radius 3 is 2.58 bits per heavy atom. The summed E-state index contributed by atoms with van der Waals surface area (Å²) in [4.78, 5) is 0. The molecule has 5 heteroatoms. The molecule has 1 aromatic carbocycles. The molecule has 3 aromatic rings. The molecule has 0 aliphatic rings. The average Bonchev–Trinajstić information content (AvgIpc) is 3.07. The summed E-state index contributed by atoms with van der Waals surface area (Å²) in [5, 5.41) is 9.55. The van der Waals surface area contributed by atoms with E-state index in [1.807, 2.05) is 49.4 Å². The van der Waals surface area contributed by atoms with Crippen LogP contribution in [0.25, 0.3) is 10.8 Å². The number of hydrogen-bond donors (Lipinski definition) is 0. The lowest BCUT2D eigenvalue weighted by Gasteiger charge is -2.04. The van der Waals surface area contributed by atoms with E-state index in [2.05, 4.69) is 10.2 Å². The zero-order valence-electron chi connectivity index (χ0n) is 10.2. The Morgan fingerprint density at radius 1 is 1.11 bits per heavy atom. The molecule has 0 saturated heterocycles. The lowest BCUT2D eigenvalue weighted by molar-refractivity contribution is 0.547. The van der Waals surface area contributed by atoms with Crippen LogP contribution in [0, 0.1) is 6.92 Å². The molecule has 96 valence electrons. The highest BCUT2D eigenvalue weighted by molar-refractivity contribution is 7.14. The van der Waals surface area contributed by atoms with Gasteiger partial charge in [-0.15, -0.1) is 21.8 Å². The smallest absolute Gasteiger partial charge is 0.183 e. The van der Waals surface area contributed by atoms with Crippen LogP contribution in [0.1, 0.15) is 21.7 Å². The lowest BCUT2D eigenvalue weighted by Crippen LogP contribution is -1.91. The number of alkyl halides is 1. The molecule has 1 atom stereocenters. The second-order valence-electron chi connectivity index (χ2n) is 4.13. The minimum atomic E-state index is -0.275. The van der Waals surface area contributed by atoms with E-state index in [1.54, 1.807) is 0 Å². The third kappa shape index (κ3) is 2.55. The highest BCUT2D eigenvalue weighted by Crippen LogP contribution is 2.34. The van der Waals surface area contributed by atoms with Gasteiger partial charge in [0.05, 0.1) is 0 Å². The van der Waals surface area contributed by atoms with Gasteiger partial charge in [-0.25, -0.2) is 0 Å². The Bertz CT molecular complexity index is 678. The monoisotopic (exact) mass is 290 g/mol. The summed E-state index contributed by atoms with van der Waals surface area (Å²) in [5.74, 6) is 1.59. The first-order valence-corrected chi connectivity index (χ1v) is 7.08. The fraction of sp³-hybridized carbons (Fsp3) is 0.143. The highest BCUT2D eigenvalue weighted by atomic mass is 35.5. The van der Waals surface area contributed by atoms with Crippen LogP contribution in [0.2, 0.25) is 0 Å². The van der Waals surface area contributed by atoms with Crippen LogP contribution in [0.4, 0.5) is 0 Å². The van der Waals surface area contributed by atoms with Crippen molar-refractivity contribution >= 4 is 22.9 Å². The van der Waals surface area contributed by atoms with E-state index in [4.69, 9.17) is 16.0 Å². The minimum Gasteiger partial charge on any atom is -0.459 e. The molecule has 0 radical (unpaired) electrons. The first-order chi connectivity index (χ1) is 9.24. The Labute approximate surface area is 119 Å². The standard InChI is InChI=1S/C14H11ClN2OS/c1-9-7-8-11(18-9)13-16-17-14(19-13)12(15)10-5-3-2-4-6-10/h2-8,12H,1H3. The number of furan rings is 1. The molecule has 0 fully saturated rings. The molecule has 3 nitrogen and oxygen atoms in total. The summed E-state index contributed by atoms with van der Waals surface area (Å²) >= 11 is 7.87. The zero-order valence-corrected chi connectivity index (χ0v) is 11.8. The van der Waals surface area contributed by atoms with Crippen LogP contribution < -0.4 is 0 Å². The second-order valence-corrected chi connectivity index (χ2v) is 5.57. The van der Waals surface area contributed by atoms with Gasteiger partial charge in [-0.1, -0.05) is 41.7 Å². The maximum Gasteiger partial charge on any atom is 0.183 e. The van der Waals surface area contributed by atoms with Gasteiger partial charge in [-0.3, -0.25) is 0 Å². The Balaban J connectivity index is 1.89. The Kier molecular flexibility index (Phi) is 3.36. The van der Waals surface area contributed by atoms with Gasteiger partial charge in [-0.05, 0) is 24.6 Å². The molecule has 0 aliphatic heterocycles. The first-order valence-electron chi connectivity index (χ1n) is 5.83. The molecule has 0 amide bonds. The molecule has 2 heterocycles. The number of hydrogen-bond acceptors (Lipinski definition) is 4. The van der Waals surface area contributed by atoms with Crippen molar-refractivity contribution in [2.24, 2.45) is 0 Å². The SMILES string of the molecule is Cc1ccc(-c2nnc(C(Cl)c3ccccc3)s2)o1. The maximum atomic E-state index is 6.41. The van der Waals surface area contributed by atoms with Crippen molar-refractivity contribution in [1.29, 1.82) is 0 Å². The molecular formula is C14H11ClN2OS. The van der Waals surface area contributed by atoms with Crippen LogP contribution in [0.5, 0.6) is 0 Å². The predicted molar refractivity (Wildman–Crippen MR) is 76.5 cm³/mol. The molecule has 0 saturated carbocycles. The number of rotatable bonds is 3. The van der Waals surface area contributed by atoms with Crippen LogP contribution in [-0.2, 0) is 0 Å². The van der Waals surface area contributed by atoms with Crippen molar-refractivity contribution in [1.82, 2.24) is 10.2 Å². The third-order valence-corrected chi connectivity index (χ3v) is 4.29. The van der Waals surface area contributed by atoms with Gasteiger partial charge in [0.15, 0.2) is 10.8 Å². The van der Waals surface area contributed by atoms with Gasteiger partial charge < -0.3 is 4.42 Å². The van der Waals surface area contributed by atoms with Gasteiger partial charge in [0.25, 0.3) is 0 Å². The van der Waals surface area contributed by atoms with Gasteiger partial charge in [0.1, 0.15) is 16.1 Å². The van der Waals surface area contributed by atoms with Crippen LogP contribution in [-0.4, -0.2) is 10.2 Å². The molecule has 19 heavy (non-hydrogen) atoms. The molecule has 0 spiro atoms. The first kappa shape index (κ1) is 12.4. The summed E-state index contributed by atoms with van der Waals surface area (Å²) in [6.07, 6.45) is 0. The van der Waals surface area contributed by atoms with Gasteiger partial charge in [0, 0.05) is 0 Å². The fourth-order valence-electron chi connectivity index (χ4n) is 1.75. The van der Waals surface area contributed by atoms with E-state index in [0.29, 0.717) is 0 Å². The average molecular weight is 291 g/mol. The Morgan fingerprint density at radius 2 is 1.89 bits per heavy atom. The van der Waals surface area contributed by atoms with Gasteiger partial charge in [-0.2, -0.15) is 0 Å². The summed E-state index contributed by atoms with van der Waals surface area (Å²) in [6.45, 7) is 1.90. The van der Waals surface area contributed by atoms with Crippen molar-refractivity contribution in [2.45, 2.75) is 12.3 Å². The van der Waals surface area contributed by atoms with E-state index in [0.717, 1.165) is 27.1 Å². The van der Waals surface area contributed by atoms with Crippen molar-refractivity contribution < 1.29 is 4.42 Å². The largest absolute Gasteiger partial charge is 0.459 e. The molecule has 0 aliphatic carbocycles. The number of aryl methyl sites for hydroxylation is 1. The summed E-state index contributed by atoms with van der Waals surface area (Å²) in [6, 6.07) is 13.7. The van der Waals surface area contributed by atoms with Gasteiger partial charge >= 0.3 is 0 Å². The van der Waals surface area contributed by atoms with E-state index >= 15 is 0 Å². The van der Waals surface area contributed by atoms with Crippen LogP contribution >= 0.6 is 22.9 Å². The summed E-state index contributed by atoms with van der Waals surface area (Å²) in [5.41, 5.74) is 1.02. The van der Waals surface area contributed by atoms with Gasteiger partial charge in [0.2, 0.25) is 0 Å². The van der Waals surface area contributed by atoms with Crippen molar-refractivity contribution in [3.63, 3.8) is 0 Å². The molecule has 2 aromatic heterocycles. The van der Waals surface area contributed by atoms with Crippen LogP contribution in [0.15, 0.2) is 46.9 Å². The van der Waals surface area contributed by atoms with Crippen LogP contribution in [0.3, 0.4) is 0 Å². The second kappa shape index (κ2) is 5.15. The van der Waals surface area contributed by atoms with E-state index < -0.39 is 0 Å². The summed E-state index contributed by atoms with van der Waals surface area (Å²) in [7, 11) is 0. The minimum absolute atomic E-state index is 0.275. The van der Waals surface area contributed by atoms with Crippen molar-refractivity contribution in [3.05, 3.63) is 58.8 Å². The highest BCUT2D eigenvalue weighted by Gasteiger charge is 2.17. The van der Waals surface area contributed by atoms with Crippen molar-refractivity contribution in [3.8, 4) is 10.8 Å². The molecular weight excluding hydrogens is 280 g/mol. The predicted octanol–water partition coefficient (Wildman–Crippen LogP) is 4.43. The molecule has 3 rings (SSSR count). The topological polar surface area (TPSA) is 38.9 Å². The number of benzene rings is 1. The van der Waals surface area contributed by atoms with Crippen molar-refractivity contribution in [2.75, 3.05) is 0 Å². The fourth-order valence-corrected chi connectivity index (χ4v) is 2.88. The van der Waals surface area contributed by atoms with E-state index in [1.165, 1.54) is 11.3 Å². The van der Waals surface area contributed by atoms with E-state index in [9.17, 15) is 0 Å². The summed E-state index contributed by atoms with van der Waals surface area (Å²) < 4.78 is 5.53. The van der Waals surface area contributed by atoms with E-state index in [-0.39, 0.29) is 5.38 Å². The Hall–Kier alpha value is -1.65. The molecule has 0 bridgehead atoms. The molecule has 1 unspecified atom stereocenters. The lowest BCUT2D eigenvalue weighted by atomic mass is 10.1. The zero-order chi connectivity index (χ0) is 13.2. The number of halogens is 1.